The molecule has 0 aromatic heterocycles. The molecule has 19 heavy (non-hydrogen) atoms. The second-order valence-electron chi connectivity index (χ2n) is 3.96. The minimum absolute atomic E-state index is 0.277. The highest BCUT2D eigenvalue weighted by Gasteiger charge is 2.19. The number of carboxylic acids is 1. The number of hydrogen-bond acceptors (Lipinski definition) is 3. The minimum atomic E-state index is -1.31. The van der Waals surface area contributed by atoms with Gasteiger partial charge in [-0.1, -0.05) is 28.1 Å². The average molecular weight is 331 g/mol. The quantitative estimate of drug-likeness (QED) is 0.653. The Labute approximate surface area is 118 Å². The molecule has 0 heterocycles. The van der Waals surface area contributed by atoms with Gasteiger partial charge in [0.25, 0.3) is 0 Å². The van der Waals surface area contributed by atoms with Gasteiger partial charge in [0.1, 0.15) is 0 Å². The Morgan fingerprint density at radius 2 is 1.84 bits per heavy atom. The Bertz CT molecular complexity index is 450. The van der Waals surface area contributed by atoms with Crippen LogP contribution in [0.25, 0.3) is 0 Å². The minimum Gasteiger partial charge on any atom is -0.480 e. The van der Waals surface area contributed by atoms with E-state index in [2.05, 4.69) is 26.6 Å². The SMILES string of the molecule is CC(NC(=O)N[C@H](CO)C(=O)O)c1ccc(Br)cc1. The molecule has 1 unspecified atom stereocenters. The molecule has 0 saturated heterocycles. The molecule has 6 nitrogen and oxygen atoms in total. The summed E-state index contributed by atoms with van der Waals surface area (Å²) in [5, 5.41) is 22.3. The smallest absolute Gasteiger partial charge is 0.328 e. The van der Waals surface area contributed by atoms with E-state index in [0.29, 0.717) is 0 Å². The summed E-state index contributed by atoms with van der Waals surface area (Å²) in [4.78, 5) is 22.2. The van der Waals surface area contributed by atoms with Crippen LogP contribution in [0, 0.1) is 0 Å². The molecule has 0 aliphatic heterocycles. The van der Waals surface area contributed by atoms with Crippen molar-refractivity contribution in [2.24, 2.45) is 0 Å². The van der Waals surface area contributed by atoms with Crippen LogP contribution in [0.1, 0.15) is 18.5 Å². The Hall–Kier alpha value is -1.60. The van der Waals surface area contributed by atoms with Gasteiger partial charge in [0.15, 0.2) is 6.04 Å². The summed E-state index contributed by atoms with van der Waals surface area (Å²) in [5.74, 6) is -1.28. The summed E-state index contributed by atoms with van der Waals surface area (Å²) in [5.41, 5.74) is 0.884. The molecule has 0 spiro atoms. The molecule has 7 heteroatoms. The number of aliphatic hydroxyl groups excluding tert-OH is 1. The standard InChI is InChI=1S/C12H15BrN2O4/c1-7(8-2-4-9(13)5-3-8)14-12(19)15-10(6-16)11(17)18/h2-5,7,10,16H,6H2,1H3,(H,17,18)(H2,14,15,19)/t7?,10-/m1/s1. The van der Waals surface area contributed by atoms with Crippen molar-refractivity contribution in [2.75, 3.05) is 6.61 Å². The Balaban J connectivity index is 2.56. The summed E-state index contributed by atoms with van der Waals surface area (Å²) in [6.07, 6.45) is 0. The van der Waals surface area contributed by atoms with Gasteiger partial charge in [-0.15, -0.1) is 0 Å². The number of benzene rings is 1. The molecule has 2 atom stereocenters. The van der Waals surface area contributed by atoms with E-state index in [-0.39, 0.29) is 6.04 Å². The first-order valence-corrected chi connectivity index (χ1v) is 6.39. The molecule has 0 saturated carbocycles. The fourth-order valence-corrected chi connectivity index (χ4v) is 1.68. The van der Waals surface area contributed by atoms with E-state index in [9.17, 15) is 9.59 Å². The topological polar surface area (TPSA) is 98.7 Å². The molecular formula is C12H15BrN2O4. The number of carboxylic acid groups (broad SMARTS) is 1. The van der Waals surface area contributed by atoms with Crippen molar-refractivity contribution in [1.29, 1.82) is 0 Å². The maximum atomic E-state index is 11.6. The largest absolute Gasteiger partial charge is 0.480 e. The second-order valence-corrected chi connectivity index (χ2v) is 4.88. The van der Waals surface area contributed by atoms with Gasteiger partial charge >= 0.3 is 12.0 Å². The maximum Gasteiger partial charge on any atom is 0.328 e. The number of aliphatic carboxylic acids is 1. The van der Waals surface area contributed by atoms with Gasteiger partial charge in [-0.2, -0.15) is 0 Å². The first-order chi connectivity index (χ1) is 8.93. The van der Waals surface area contributed by atoms with Crippen LogP contribution in [-0.4, -0.2) is 34.9 Å². The molecule has 0 radical (unpaired) electrons. The van der Waals surface area contributed by atoms with Crippen LogP contribution in [-0.2, 0) is 4.79 Å². The number of hydrogen-bond donors (Lipinski definition) is 4. The molecule has 1 aromatic rings. The van der Waals surface area contributed by atoms with E-state index in [4.69, 9.17) is 10.2 Å². The van der Waals surface area contributed by atoms with E-state index < -0.39 is 24.6 Å². The number of halogens is 1. The number of aliphatic hydroxyl groups is 1. The lowest BCUT2D eigenvalue weighted by molar-refractivity contribution is -0.140. The molecule has 1 aromatic carbocycles. The van der Waals surface area contributed by atoms with E-state index in [0.717, 1.165) is 10.0 Å². The molecular weight excluding hydrogens is 316 g/mol. The zero-order valence-corrected chi connectivity index (χ0v) is 11.8. The Morgan fingerprint density at radius 3 is 2.32 bits per heavy atom. The maximum absolute atomic E-state index is 11.6. The zero-order chi connectivity index (χ0) is 14.4. The first kappa shape index (κ1) is 15.5. The third kappa shape index (κ3) is 4.88. The lowest BCUT2D eigenvalue weighted by atomic mass is 10.1. The van der Waals surface area contributed by atoms with Gasteiger partial charge in [0, 0.05) is 4.47 Å². The van der Waals surface area contributed by atoms with Crippen molar-refractivity contribution in [3.63, 3.8) is 0 Å². The van der Waals surface area contributed by atoms with Crippen molar-refractivity contribution in [2.45, 2.75) is 19.0 Å². The normalized spacial score (nSPS) is 13.4. The molecule has 0 bridgehead atoms. The molecule has 0 fully saturated rings. The lowest BCUT2D eigenvalue weighted by Gasteiger charge is -2.17. The number of urea groups is 1. The fourth-order valence-electron chi connectivity index (χ4n) is 1.42. The molecule has 1 rings (SSSR count). The van der Waals surface area contributed by atoms with Crippen LogP contribution < -0.4 is 10.6 Å². The van der Waals surface area contributed by atoms with E-state index in [1.807, 2.05) is 24.3 Å². The summed E-state index contributed by atoms with van der Waals surface area (Å²) in [7, 11) is 0. The predicted molar refractivity (Wildman–Crippen MR) is 72.7 cm³/mol. The highest BCUT2D eigenvalue weighted by molar-refractivity contribution is 9.10. The van der Waals surface area contributed by atoms with Gasteiger partial charge in [0.2, 0.25) is 0 Å². The molecule has 104 valence electrons. The Morgan fingerprint density at radius 1 is 1.26 bits per heavy atom. The van der Waals surface area contributed by atoms with Crippen molar-refractivity contribution in [1.82, 2.24) is 10.6 Å². The number of carbonyl (C=O) groups excluding carboxylic acids is 1. The van der Waals surface area contributed by atoms with Crippen molar-refractivity contribution in [3.05, 3.63) is 34.3 Å². The highest BCUT2D eigenvalue weighted by atomic mass is 79.9. The number of amides is 2. The number of rotatable bonds is 5. The van der Waals surface area contributed by atoms with Crippen LogP contribution in [0.4, 0.5) is 4.79 Å². The van der Waals surface area contributed by atoms with Gasteiger partial charge < -0.3 is 20.8 Å². The van der Waals surface area contributed by atoms with Crippen molar-refractivity contribution >= 4 is 27.9 Å². The Kier molecular flexibility index (Phi) is 5.78. The molecule has 2 amide bonds. The van der Waals surface area contributed by atoms with Crippen LogP contribution in [0.2, 0.25) is 0 Å². The van der Waals surface area contributed by atoms with Crippen LogP contribution in [0.3, 0.4) is 0 Å². The molecule has 4 N–H and O–H groups in total. The van der Waals surface area contributed by atoms with Gasteiger partial charge in [-0.05, 0) is 24.6 Å². The number of nitrogens with one attached hydrogen (secondary N) is 2. The van der Waals surface area contributed by atoms with Crippen molar-refractivity contribution < 1.29 is 19.8 Å². The summed E-state index contributed by atoms with van der Waals surface area (Å²) in [6, 6.07) is 5.15. The van der Waals surface area contributed by atoms with E-state index in [1.54, 1.807) is 6.92 Å². The third-order valence-corrected chi connectivity index (χ3v) is 3.03. The monoisotopic (exact) mass is 330 g/mol. The van der Waals surface area contributed by atoms with Crippen LogP contribution in [0.15, 0.2) is 28.7 Å². The second kappa shape index (κ2) is 7.10. The highest BCUT2D eigenvalue weighted by Crippen LogP contribution is 2.16. The summed E-state index contributed by atoms with van der Waals surface area (Å²) < 4.78 is 0.930. The molecule has 0 aliphatic carbocycles. The average Bonchev–Trinajstić information content (AvgIpc) is 2.36. The summed E-state index contributed by atoms with van der Waals surface area (Å²) >= 11 is 3.31. The molecule has 0 aliphatic rings. The lowest BCUT2D eigenvalue weighted by Crippen LogP contribution is -2.48. The van der Waals surface area contributed by atoms with Gasteiger partial charge in [-0.25, -0.2) is 9.59 Å². The van der Waals surface area contributed by atoms with Crippen LogP contribution in [0.5, 0.6) is 0 Å². The zero-order valence-electron chi connectivity index (χ0n) is 10.3. The van der Waals surface area contributed by atoms with E-state index in [1.165, 1.54) is 0 Å². The number of carbonyl (C=O) groups is 2. The van der Waals surface area contributed by atoms with Gasteiger partial charge in [0.05, 0.1) is 12.6 Å². The third-order valence-electron chi connectivity index (χ3n) is 2.50. The predicted octanol–water partition coefficient (Wildman–Crippen LogP) is 1.25. The first-order valence-electron chi connectivity index (χ1n) is 5.60. The summed E-state index contributed by atoms with van der Waals surface area (Å²) in [6.45, 7) is 1.12. The van der Waals surface area contributed by atoms with Crippen molar-refractivity contribution in [3.8, 4) is 0 Å². The van der Waals surface area contributed by atoms with Crippen LogP contribution >= 0.6 is 15.9 Å². The fraction of sp³-hybridized carbons (Fsp3) is 0.333. The van der Waals surface area contributed by atoms with Gasteiger partial charge in [-0.3, -0.25) is 0 Å². The van der Waals surface area contributed by atoms with E-state index >= 15 is 0 Å².